The van der Waals surface area contributed by atoms with Crippen LogP contribution in [0.5, 0.6) is 0 Å². The van der Waals surface area contributed by atoms with Gasteiger partial charge in [-0.25, -0.2) is 0 Å². The monoisotopic (exact) mass is 1930 g/mol. The largest absolute Gasteiger partial charge is 0.471 e. The minimum atomic E-state index is -5.14. The van der Waals surface area contributed by atoms with Crippen molar-refractivity contribution in [2.45, 2.75) is 218 Å². The molecule has 0 radical (unpaired) electrons. The Labute approximate surface area is 755 Å². The van der Waals surface area contributed by atoms with E-state index >= 15 is 0 Å². The Kier molecular flexibility index (Phi) is 43.7. The molecular formula is C79H125F9N10O34. The third-order valence-electron chi connectivity index (χ3n) is 21.4. The lowest BCUT2D eigenvalue weighted by molar-refractivity contribution is -0.218. The van der Waals surface area contributed by atoms with Gasteiger partial charge in [-0.1, -0.05) is 11.5 Å². The number of ether oxygens (including phenoxy) is 27. The van der Waals surface area contributed by atoms with Crippen molar-refractivity contribution in [2.75, 3.05) is 244 Å². The highest BCUT2D eigenvalue weighted by Crippen LogP contribution is 2.50. The van der Waals surface area contributed by atoms with Crippen LogP contribution >= 0.6 is 0 Å². The number of halogens is 9. The number of fused-ring (bicyclic) bond motifs is 12. The van der Waals surface area contributed by atoms with Gasteiger partial charge in [-0.15, -0.1) is 0 Å². The summed E-state index contributed by atoms with van der Waals surface area (Å²) in [4.78, 5) is 91.1. The summed E-state index contributed by atoms with van der Waals surface area (Å²) < 4.78 is 275. The van der Waals surface area contributed by atoms with Gasteiger partial charge >= 0.3 is 36.3 Å². The molecule has 9 heterocycles. The zero-order chi connectivity index (χ0) is 95.5. The summed E-state index contributed by atoms with van der Waals surface area (Å²) in [5, 5.41) is 20.5. The molecule has 0 aromatic heterocycles. The molecule has 6 bridgehead atoms. The number of unbranched alkanes of at least 4 members (excludes halogenated alkanes) is 2. The minimum Gasteiger partial charge on any atom is -0.378 e. The Morgan fingerprint density at radius 3 is 0.886 bits per heavy atom. The fourth-order valence-electron chi connectivity index (χ4n) is 15.4. The van der Waals surface area contributed by atoms with Crippen LogP contribution in [0.15, 0.2) is 5.11 Å². The summed E-state index contributed by atoms with van der Waals surface area (Å²) in [5.41, 5.74) is 3.63. The predicted molar refractivity (Wildman–Crippen MR) is 425 cm³/mol. The summed E-state index contributed by atoms with van der Waals surface area (Å²) in [6, 6.07) is -3.89. The Morgan fingerprint density at radius 2 is 0.614 bits per heavy atom. The highest BCUT2D eigenvalue weighted by atomic mass is 19.4. The highest BCUT2D eigenvalue weighted by molar-refractivity contribution is 5.83. The van der Waals surface area contributed by atoms with Crippen molar-refractivity contribution < 1.29 is 201 Å². The number of azide groups is 1. The van der Waals surface area contributed by atoms with Crippen LogP contribution in [0, 0.1) is 0 Å². The van der Waals surface area contributed by atoms with Crippen molar-refractivity contribution in [3.63, 3.8) is 0 Å². The molecule has 9 rings (SSSR count). The number of amides is 7. The van der Waals surface area contributed by atoms with Gasteiger partial charge in [0.2, 0.25) is 23.6 Å². The van der Waals surface area contributed by atoms with Crippen LogP contribution in [-0.2, 0) is 161 Å². The molecule has 0 aliphatic carbocycles. The predicted octanol–water partition coefficient (Wildman–Crippen LogP) is 0.557. The van der Waals surface area contributed by atoms with Crippen LogP contribution in [-0.4, -0.2) is 417 Å². The number of nitrogens with zero attached hydrogens (tertiary/aromatic N) is 3. The second kappa shape index (κ2) is 52.6. The van der Waals surface area contributed by atoms with E-state index in [9.17, 15) is 73.1 Å². The van der Waals surface area contributed by atoms with Crippen molar-refractivity contribution in [3.05, 3.63) is 10.4 Å². The molecule has 132 heavy (non-hydrogen) atoms. The lowest BCUT2D eigenvalue weighted by atomic mass is 9.88. The third-order valence-corrected chi connectivity index (χ3v) is 21.4. The Bertz CT molecular complexity index is 3290. The van der Waals surface area contributed by atoms with E-state index in [0.29, 0.717) is 19.3 Å². The molecule has 0 aromatic carbocycles. The van der Waals surface area contributed by atoms with E-state index in [1.54, 1.807) is 41.5 Å². The van der Waals surface area contributed by atoms with E-state index in [-0.39, 0.29) is 288 Å². The lowest BCUT2D eigenvalue weighted by Crippen LogP contribution is -2.66. The average Bonchev–Trinajstić information content (AvgIpc) is 1.58. The normalized spacial score (nSPS) is 27.6. The van der Waals surface area contributed by atoms with Gasteiger partial charge in [-0.2, -0.15) is 39.5 Å². The van der Waals surface area contributed by atoms with Crippen LogP contribution in [0.4, 0.5) is 39.5 Å². The van der Waals surface area contributed by atoms with E-state index in [0.717, 1.165) is 0 Å². The van der Waals surface area contributed by atoms with Gasteiger partial charge in [-0.3, -0.25) is 33.6 Å². The van der Waals surface area contributed by atoms with Crippen LogP contribution in [0.2, 0.25) is 0 Å². The summed E-state index contributed by atoms with van der Waals surface area (Å²) in [5.74, 6) is -11.7. The van der Waals surface area contributed by atoms with E-state index < -0.39 is 155 Å². The van der Waals surface area contributed by atoms with E-state index in [4.69, 9.17) is 133 Å². The maximum atomic E-state index is 13.7. The van der Waals surface area contributed by atoms with Gasteiger partial charge in [-0.05, 0) is 59.9 Å². The Morgan fingerprint density at radius 1 is 0.341 bits per heavy atom. The van der Waals surface area contributed by atoms with Gasteiger partial charge in [0.25, 0.3) is 0 Å². The van der Waals surface area contributed by atoms with Crippen molar-refractivity contribution >= 4 is 41.4 Å². The summed E-state index contributed by atoms with van der Waals surface area (Å²) in [6.07, 6.45) is -23.8. The van der Waals surface area contributed by atoms with Crippen molar-refractivity contribution in [2.24, 2.45) is 5.11 Å². The second-order valence-electron chi connectivity index (χ2n) is 33.4. The molecule has 0 unspecified atom stereocenters. The molecule has 0 spiro atoms. The smallest absolute Gasteiger partial charge is 0.378 e. The summed E-state index contributed by atoms with van der Waals surface area (Å²) in [7, 11) is 0. The lowest BCUT2D eigenvalue weighted by Gasteiger charge is -2.42. The van der Waals surface area contributed by atoms with Crippen LogP contribution in [0.25, 0.3) is 10.4 Å². The molecule has 9 aliphatic rings. The Hall–Kier alpha value is -6.11. The number of hydrogen-bond acceptors (Lipinski definition) is 35. The molecule has 0 aromatic rings. The van der Waals surface area contributed by atoms with Crippen LogP contribution in [0.1, 0.15) is 86.5 Å². The highest BCUT2D eigenvalue weighted by Gasteiger charge is 2.70. The molecule has 9 fully saturated rings. The first kappa shape index (κ1) is 110. The number of carbonyl (C=O) groups excluding carboxylic acids is 7. The van der Waals surface area contributed by atoms with Gasteiger partial charge in [0.15, 0.2) is 36.2 Å². The molecule has 758 valence electrons. The van der Waals surface area contributed by atoms with E-state index in [1.807, 2.05) is 16.0 Å². The van der Waals surface area contributed by atoms with Gasteiger partial charge < -0.3 is 165 Å². The molecule has 9 aliphatic heterocycles. The van der Waals surface area contributed by atoms with Crippen molar-refractivity contribution in [1.82, 2.24) is 37.2 Å². The number of rotatable bonds is 67. The maximum Gasteiger partial charge on any atom is 0.471 e. The van der Waals surface area contributed by atoms with E-state index in [2.05, 4.69) is 31.3 Å². The molecular weight excluding hydrogens is 1800 g/mol. The first-order valence-corrected chi connectivity index (χ1v) is 43.7. The first-order chi connectivity index (χ1) is 62.8. The average molecular weight is 1930 g/mol. The molecule has 9 saturated heterocycles. The van der Waals surface area contributed by atoms with Crippen molar-refractivity contribution in [3.8, 4) is 0 Å². The summed E-state index contributed by atoms with van der Waals surface area (Å²) >= 11 is 0. The number of alkyl halides is 9. The second-order valence-corrected chi connectivity index (χ2v) is 33.4. The number of hydrogen-bond donors (Lipinski definition) is 7. The molecule has 7 N–H and O–H groups in total. The van der Waals surface area contributed by atoms with Crippen molar-refractivity contribution in [1.29, 1.82) is 0 Å². The fraction of sp³-hybridized carbons (Fsp3) is 0.911. The molecule has 53 heteroatoms. The number of nitrogens with one attached hydrogen (secondary N) is 7. The van der Waals surface area contributed by atoms with Crippen LogP contribution < -0.4 is 37.2 Å². The zero-order valence-electron chi connectivity index (χ0n) is 74.7. The number of carbonyl (C=O) groups is 7. The zero-order valence-corrected chi connectivity index (χ0v) is 74.7. The maximum absolute atomic E-state index is 13.7. The first-order valence-electron chi connectivity index (χ1n) is 43.7. The summed E-state index contributed by atoms with van der Waals surface area (Å²) in [6.45, 7) is 12.1. The minimum absolute atomic E-state index is 0.0364. The molecule has 7 amide bonds. The standard InChI is InChI=1S/C79H125F9N10O34/c1-70(2)124-58-55(94-67(103)77(80,81)82)64-121-48-74(130-64,61(58)127-70)45-118-39-36-112-33-30-109-27-24-106-21-15-90-51(99)11-18-115-42-73(97-54(102)10-8-7-9-14-93-98-89,43-116-19-12-52(100)91-16-22-107-25-28-110-31-34-113-37-40-119-46-75-49-122-65(131-75)56(95-68(104)78(83,84)85)59-62(75)128-71(3,4)125-59)44-117-20-13-53(101)92-17-23-108-26-29-111-32-35-114-38-41-120-47-76-50-123-66(132-76)57(96-69(105)79(86,87)88)60-63(76)129-72(5,6)126-60/h55-66H,7-50H2,1-6H3,(H,90,99)(H,91,100)(H,92,101)(H,94,103)(H,95,104)(H,96,105)(H,97,102)/t55-,56-,57-,58-,59-,60-,61-,62-,63-,64+,65+,66+,74+,75+,76+/m1/s1. The third kappa shape index (κ3) is 34.8. The van der Waals surface area contributed by atoms with Gasteiger partial charge in [0, 0.05) is 56.8 Å². The van der Waals surface area contributed by atoms with E-state index in [1.165, 1.54) is 0 Å². The Balaban J connectivity index is 0.637. The topological polar surface area (TPSA) is 502 Å². The molecule has 15 atom stereocenters. The fourth-order valence-corrected chi connectivity index (χ4v) is 15.4. The molecule has 44 nitrogen and oxygen atoms in total. The van der Waals surface area contributed by atoms with Crippen LogP contribution in [0.3, 0.4) is 0 Å². The van der Waals surface area contributed by atoms with Gasteiger partial charge in [0.1, 0.15) is 77.1 Å². The molecule has 0 saturated carbocycles. The SMILES string of the molecule is CC1(C)O[C@@H]2[C@@H](NC(=O)C(F)(F)F)[C@H]3OC[C@](COCCOCCOCCOCCNC(=O)CCOCC(COCCC(=O)NCCOCCOCCOCCOC[C@@]45CO[C@@H](O4)[C@H](NC(=O)C(F)(F)F)[C@H]4OC(C)(C)O[C@H]45)(COCCC(=O)NCCOCCOCCOCCOC[C@@]45CO[C@@H](O4)[C@H](NC(=O)C(F)(F)F)[C@H]4OC(C)(C)O[C@H]45)NC(=O)CCCCCN=[N+]=[N-])(O3)[C@@H]2O1. The quantitative estimate of drug-likeness (QED) is 0.0144. The van der Waals surface area contributed by atoms with Gasteiger partial charge in [0.05, 0.1) is 218 Å².